The molecule has 2 aromatic rings. The number of anilines is 2. The summed E-state index contributed by atoms with van der Waals surface area (Å²) in [6.45, 7) is 1.52. The molecule has 1 saturated heterocycles. The van der Waals surface area contributed by atoms with Crippen molar-refractivity contribution < 1.29 is 18.0 Å². The molecule has 0 atom stereocenters. The van der Waals surface area contributed by atoms with E-state index in [1.807, 2.05) is 12.1 Å². The van der Waals surface area contributed by atoms with Gasteiger partial charge in [-0.3, -0.25) is 9.59 Å². The highest BCUT2D eigenvalue weighted by molar-refractivity contribution is 7.89. The molecule has 0 aliphatic carbocycles. The van der Waals surface area contributed by atoms with Gasteiger partial charge in [0.05, 0.1) is 5.75 Å². The minimum absolute atomic E-state index is 0.285. The number of fused-ring (bicyclic) bond motifs is 1. The highest BCUT2D eigenvalue weighted by atomic mass is 32.2. The van der Waals surface area contributed by atoms with Gasteiger partial charge in [-0.05, 0) is 48.7 Å². The second-order valence-electron chi connectivity index (χ2n) is 7.72. The minimum Gasteiger partial charge on any atom is -0.372 e. The largest absolute Gasteiger partial charge is 0.372 e. The van der Waals surface area contributed by atoms with Crippen LogP contribution in [0.15, 0.2) is 48.5 Å². The standard InChI is InChI=1S/C22H25N3O4S/c26-21(15-25-22(27)20-8-4-3-7-17(20)16-30(25,28)29)23-18-9-11-19(12-10-18)24-13-5-1-2-6-14-24/h3-4,7-12H,1-2,5-6,13-16H2,(H,23,26). The summed E-state index contributed by atoms with van der Waals surface area (Å²) < 4.78 is 25.7. The maximum atomic E-state index is 12.6. The lowest BCUT2D eigenvalue weighted by molar-refractivity contribution is -0.116. The molecule has 1 N–H and O–H groups in total. The molecule has 4 rings (SSSR count). The van der Waals surface area contributed by atoms with Crippen molar-refractivity contribution in [2.75, 3.05) is 29.9 Å². The Morgan fingerprint density at radius 3 is 2.30 bits per heavy atom. The zero-order valence-electron chi connectivity index (χ0n) is 16.7. The smallest absolute Gasteiger partial charge is 0.268 e. The van der Waals surface area contributed by atoms with Gasteiger partial charge in [-0.1, -0.05) is 31.0 Å². The summed E-state index contributed by atoms with van der Waals surface area (Å²) in [7, 11) is -3.88. The molecule has 7 nitrogen and oxygen atoms in total. The molecule has 8 heteroatoms. The van der Waals surface area contributed by atoms with Crippen LogP contribution in [0.4, 0.5) is 11.4 Å². The molecular formula is C22H25N3O4S. The third-order valence-electron chi connectivity index (χ3n) is 5.56. The molecular weight excluding hydrogens is 402 g/mol. The third-order valence-corrected chi connectivity index (χ3v) is 7.20. The van der Waals surface area contributed by atoms with Crippen LogP contribution < -0.4 is 10.2 Å². The average Bonchev–Trinajstić information content (AvgIpc) is 3.01. The lowest BCUT2D eigenvalue weighted by Gasteiger charge is -2.27. The van der Waals surface area contributed by atoms with Gasteiger partial charge in [0.2, 0.25) is 15.9 Å². The molecule has 2 amide bonds. The molecule has 1 fully saturated rings. The van der Waals surface area contributed by atoms with Crippen molar-refractivity contribution in [1.82, 2.24) is 4.31 Å². The van der Waals surface area contributed by atoms with Crippen molar-refractivity contribution >= 4 is 33.2 Å². The Morgan fingerprint density at radius 1 is 0.933 bits per heavy atom. The molecule has 158 valence electrons. The zero-order valence-corrected chi connectivity index (χ0v) is 17.5. The van der Waals surface area contributed by atoms with Crippen LogP contribution >= 0.6 is 0 Å². The first-order chi connectivity index (χ1) is 14.4. The van der Waals surface area contributed by atoms with Gasteiger partial charge in [0, 0.05) is 30.0 Å². The topological polar surface area (TPSA) is 86.8 Å². The fourth-order valence-corrected chi connectivity index (χ4v) is 5.44. The summed E-state index contributed by atoms with van der Waals surface area (Å²) in [5, 5.41) is 2.70. The molecule has 0 unspecified atom stereocenters. The molecule has 2 heterocycles. The SMILES string of the molecule is O=C(CN1C(=O)c2ccccc2CS1(=O)=O)Nc1ccc(N2CCCCCC2)cc1. The van der Waals surface area contributed by atoms with Crippen LogP contribution in [-0.2, 0) is 20.6 Å². The molecule has 30 heavy (non-hydrogen) atoms. The molecule has 0 aromatic heterocycles. The predicted molar refractivity (Wildman–Crippen MR) is 116 cm³/mol. The Morgan fingerprint density at radius 2 is 1.60 bits per heavy atom. The number of nitrogens with one attached hydrogen (secondary N) is 1. The Kier molecular flexibility index (Phi) is 5.76. The van der Waals surface area contributed by atoms with E-state index in [0.717, 1.165) is 18.8 Å². The van der Waals surface area contributed by atoms with Gasteiger partial charge in [-0.25, -0.2) is 12.7 Å². The Bertz CT molecular complexity index is 1040. The Hall–Kier alpha value is -2.87. The second-order valence-corrected chi connectivity index (χ2v) is 9.61. The highest BCUT2D eigenvalue weighted by Crippen LogP contribution is 2.25. The number of amides is 2. The van der Waals surface area contributed by atoms with E-state index in [9.17, 15) is 18.0 Å². The van der Waals surface area contributed by atoms with Gasteiger partial charge in [0.15, 0.2) is 0 Å². The van der Waals surface area contributed by atoms with Crippen molar-refractivity contribution in [2.45, 2.75) is 31.4 Å². The van der Waals surface area contributed by atoms with Crippen LogP contribution in [0.25, 0.3) is 0 Å². The number of benzene rings is 2. The van der Waals surface area contributed by atoms with Gasteiger partial charge in [0.1, 0.15) is 6.54 Å². The van der Waals surface area contributed by atoms with Crippen LogP contribution in [0.1, 0.15) is 41.6 Å². The van der Waals surface area contributed by atoms with Gasteiger partial charge < -0.3 is 10.2 Å². The average molecular weight is 428 g/mol. The number of rotatable bonds is 4. The van der Waals surface area contributed by atoms with E-state index in [1.165, 1.54) is 25.7 Å². The monoisotopic (exact) mass is 427 g/mol. The normalized spacial score (nSPS) is 18.5. The maximum absolute atomic E-state index is 12.6. The molecule has 2 aromatic carbocycles. The number of hydrogen-bond acceptors (Lipinski definition) is 5. The van der Waals surface area contributed by atoms with E-state index >= 15 is 0 Å². The molecule has 0 radical (unpaired) electrons. The fourth-order valence-electron chi connectivity index (χ4n) is 3.98. The number of hydrogen-bond donors (Lipinski definition) is 1. The summed E-state index contributed by atoms with van der Waals surface area (Å²) in [4.78, 5) is 27.4. The quantitative estimate of drug-likeness (QED) is 0.811. The third kappa shape index (κ3) is 4.33. The van der Waals surface area contributed by atoms with Crippen LogP contribution in [0.3, 0.4) is 0 Å². The van der Waals surface area contributed by atoms with E-state index in [0.29, 0.717) is 21.1 Å². The molecule has 0 saturated carbocycles. The van der Waals surface area contributed by atoms with Crippen LogP contribution in [-0.4, -0.2) is 44.2 Å². The van der Waals surface area contributed by atoms with Crippen molar-refractivity contribution in [3.63, 3.8) is 0 Å². The lowest BCUT2D eigenvalue weighted by Crippen LogP contribution is -2.45. The summed E-state index contributed by atoms with van der Waals surface area (Å²) in [5.41, 5.74) is 2.46. The Labute approximate surface area is 176 Å². The molecule has 2 aliphatic heterocycles. The summed E-state index contributed by atoms with van der Waals surface area (Å²) in [5.74, 6) is -1.50. The van der Waals surface area contributed by atoms with Crippen molar-refractivity contribution in [2.24, 2.45) is 0 Å². The van der Waals surface area contributed by atoms with E-state index in [4.69, 9.17) is 0 Å². The van der Waals surface area contributed by atoms with Gasteiger partial charge in [-0.15, -0.1) is 0 Å². The molecule has 0 bridgehead atoms. The zero-order chi connectivity index (χ0) is 21.1. The highest BCUT2D eigenvalue weighted by Gasteiger charge is 2.36. The summed E-state index contributed by atoms with van der Waals surface area (Å²) in [6.07, 6.45) is 4.88. The predicted octanol–water partition coefficient (Wildman–Crippen LogP) is 2.99. The minimum atomic E-state index is -3.88. The first-order valence-electron chi connectivity index (χ1n) is 10.2. The first-order valence-corrected chi connectivity index (χ1v) is 11.8. The first kappa shape index (κ1) is 20.4. The van der Waals surface area contributed by atoms with Crippen LogP contribution in [0, 0.1) is 0 Å². The summed E-state index contributed by atoms with van der Waals surface area (Å²) in [6, 6.07) is 14.1. The van der Waals surface area contributed by atoms with E-state index in [-0.39, 0.29) is 5.75 Å². The molecule has 0 spiro atoms. The van der Waals surface area contributed by atoms with Crippen LogP contribution in [0.2, 0.25) is 0 Å². The number of nitrogens with zero attached hydrogens (tertiary/aromatic N) is 2. The van der Waals surface area contributed by atoms with Crippen molar-refractivity contribution in [3.8, 4) is 0 Å². The number of sulfonamides is 1. The van der Waals surface area contributed by atoms with Gasteiger partial charge >= 0.3 is 0 Å². The number of carbonyl (C=O) groups excluding carboxylic acids is 2. The van der Waals surface area contributed by atoms with E-state index in [2.05, 4.69) is 10.2 Å². The van der Waals surface area contributed by atoms with Crippen molar-refractivity contribution in [1.29, 1.82) is 0 Å². The molecule has 2 aliphatic rings. The maximum Gasteiger partial charge on any atom is 0.268 e. The summed E-state index contributed by atoms with van der Waals surface area (Å²) >= 11 is 0. The van der Waals surface area contributed by atoms with E-state index < -0.39 is 28.4 Å². The van der Waals surface area contributed by atoms with Crippen molar-refractivity contribution in [3.05, 3.63) is 59.7 Å². The Balaban J connectivity index is 1.42. The second kappa shape index (κ2) is 8.47. The number of carbonyl (C=O) groups is 2. The van der Waals surface area contributed by atoms with E-state index in [1.54, 1.807) is 36.4 Å². The lowest BCUT2D eigenvalue weighted by atomic mass is 10.1. The van der Waals surface area contributed by atoms with Gasteiger partial charge in [0.25, 0.3) is 5.91 Å². The fraction of sp³-hybridized carbons (Fsp3) is 0.364. The van der Waals surface area contributed by atoms with Crippen LogP contribution in [0.5, 0.6) is 0 Å². The van der Waals surface area contributed by atoms with Gasteiger partial charge in [-0.2, -0.15) is 0 Å².